The molecule has 0 saturated heterocycles. The molecule has 0 spiro atoms. The van der Waals surface area contributed by atoms with Crippen LogP contribution in [-0.4, -0.2) is 12.2 Å². The van der Waals surface area contributed by atoms with E-state index in [0.29, 0.717) is 6.42 Å². The number of hydrogen-bond donors (Lipinski definition) is 1. The number of ether oxygens (including phenoxy) is 1. The molecule has 0 radical (unpaired) electrons. The highest BCUT2D eigenvalue weighted by Gasteiger charge is 2.10. The molecule has 1 unspecified atom stereocenters. The minimum absolute atomic E-state index is 0.310. The topological polar surface area (TPSA) is 29.5 Å². The average molecular weight is 255 g/mol. The van der Waals surface area contributed by atoms with Gasteiger partial charge in [-0.25, -0.2) is 0 Å². The van der Waals surface area contributed by atoms with E-state index in [1.54, 1.807) is 25.3 Å². The van der Waals surface area contributed by atoms with E-state index in [0.717, 1.165) is 15.8 Å². The lowest BCUT2D eigenvalue weighted by Gasteiger charge is -2.10. The fourth-order valence-electron chi connectivity index (χ4n) is 1.13. The smallest absolute Gasteiger partial charge is 0.120 e. The summed E-state index contributed by atoms with van der Waals surface area (Å²) in [5, 5.41) is 9.65. The summed E-state index contributed by atoms with van der Waals surface area (Å²) < 4.78 is 5.84. The Kier molecular flexibility index (Phi) is 3.99. The van der Waals surface area contributed by atoms with Crippen molar-refractivity contribution in [1.82, 2.24) is 0 Å². The number of aliphatic hydroxyl groups excluding tert-OH is 1. The van der Waals surface area contributed by atoms with Crippen LogP contribution in [0.4, 0.5) is 0 Å². The monoisotopic (exact) mass is 254 g/mol. The maximum atomic E-state index is 9.65. The standard InChI is InChI=1S/C11H11BrO2/c1-3-4-11(13)9-6-5-8(14-2)7-10(9)12/h1,5-7,11,13H,4H2,2H3. The molecule has 0 saturated carbocycles. The van der Waals surface area contributed by atoms with E-state index in [-0.39, 0.29) is 0 Å². The highest BCUT2D eigenvalue weighted by molar-refractivity contribution is 9.10. The normalized spacial score (nSPS) is 11.9. The number of benzene rings is 1. The molecule has 0 heterocycles. The summed E-state index contributed by atoms with van der Waals surface area (Å²) in [4.78, 5) is 0. The molecule has 1 N–H and O–H groups in total. The second-order valence-corrected chi connectivity index (χ2v) is 3.67. The van der Waals surface area contributed by atoms with Crippen LogP contribution in [0.3, 0.4) is 0 Å². The van der Waals surface area contributed by atoms with E-state index < -0.39 is 6.10 Å². The van der Waals surface area contributed by atoms with Gasteiger partial charge in [-0.3, -0.25) is 0 Å². The Hall–Kier alpha value is -0.980. The molecule has 0 aliphatic heterocycles. The van der Waals surface area contributed by atoms with Crippen molar-refractivity contribution in [1.29, 1.82) is 0 Å². The van der Waals surface area contributed by atoms with Gasteiger partial charge in [-0.1, -0.05) is 22.0 Å². The first-order valence-electron chi connectivity index (χ1n) is 4.14. The molecule has 0 bridgehead atoms. The van der Waals surface area contributed by atoms with Gasteiger partial charge >= 0.3 is 0 Å². The van der Waals surface area contributed by atoms with Gasteiger partial charge in [-0.05, 0) is 17.7 Å². The minimum atomic E-state index is -0.625. The molecular weight excluding hydrogens is 244 g/mol. The molecule has 0 fully saturated rings. The fraction of sp³-hybridized carbons (Fsp3) is 0.273. The first-order valence-corrected chi connectivity index (χ1v) is 4.93. The van der Waals surface area contributed by atoms with Crippen LogP contribution < -0.4 is 4.74 Å². The molecule has 0 aliphatic carbocycles. The summed E-state index contributed by atoms with van der Waals surface area (Å²) in [7, 11) is 1.60. The van der Waals surface area contributed by atoms with Crippen LogP contribution in [-0.2, 0) is 0 Å². The van der Waals surface area contributed by atoms with Gasteiger partial charge in [0.1, 0.15) is 5.75 Å². The molecule has 14 heavy (non-hydrogen) atoms. The molecule has 3 heteroatoms. The molecule has 1 aromatic carbocycles. The number of rotatable bonds is 3. The van der Waals surface area contributed by atoms with E-state index in [4.69, 9.17) is 11.2 Å². The van der Waals surface area contributed by atoms with Gasteiger partial charge in [-0.2, -0.15) is 0 Å². The number of halogens is 1. The molecular formula is C11H11BrO2. The van der Waals surface area contributed by atoms with Gasteiger partial charge in [0.05, 0.1) is 13.2 Å². The molecule has 1 rings (SSSR count). The predicted octanol–water partition coefficient (Wildman–Crippen LogP) is 2.51. The summed E-state index contributed by atoms with van der Waals surface area (Å²) in [6.07, 6.45) is 4.81. The van der Waals surface area contributed by atoms with E-state index in [1.807, 2.05) is 0 Å². The molecule has 0 aromatic heterocycles. The molecule has 0 aliphatic rings. The zero-order chi connectivity index (χ0) is 10.6. The van der Waals surface area contributed by atoms with Crippen molar-refractivity contribution in [2.75, 3.05) is 7.11 Å². The molecule has 1 atom stereocenters. The zero-order valence-corrected chi connectivity index (χ0v) is 9.41. The van der Waals surface area contributed by atoms with E-state index in [2.05, 4.69) is 21.9 Å². The maximum Gasteiger partial charge on any atom is 0.120 e. The van der Waals surface area contributed by atoms with Crippen molar-refractivity contribution in [3.63, 3.8) is 0 Å². The third-order valence-electron chi connectivity index (χ3n) is 1.88. The van der Waals surface area contributed by atoms with E-state index >= 15 is 0 Å². The van der Waals surface area contributed by atoms with Crippen LogP contribution in [0.5, 0.6) is 5.75 Å². The maximum absolute atomic E-state index is 9.65. The van der Waals surface area contributed by atoms with Crippen LogP contribution in [0, 0.1) is 12.3 Å². The van der Waals surface area contributed by atoms with Gasteiger partial charge < -0.3 is 9.84 Å². The van der Waals surface area contributed by atoms with Crippen LogP contribution in [0.1, 0.15) is 18.1 Å². The second kappa shape index (κ2) is 5.04. The van der Waals surface area contributed by atoms with Gasteiger partial charge in [0.2, 0.25) is 0 Å². The first-order chi connectivity index (χ1) is 6.69. The SMILES string of the molecule is C#CCC(O)c1ccc(OC)cc1Br. The molecule has 0 amide bonds. The number of terminal acetylenes is 1. The van der Waals surface area contributed by atoms with Crippen LogP contribution in [0.15, 0.2) is 22.7 Å². The summed E-state index contributed by atoms with van der Waals surface area (Å²) >= 11 is 3.35. The first kappa shape index (κ1) is 11.1. The van der Waals surface area contributed by atoms with Crippen LogP contribution in [0.25, 0.3) is 0 Å². The van der Waals surface area contributed by atoms with Gasteiger partial charge in [0.15, 0.2) is 0 Å². The van der Waals surface area contributed by atoms with E-state index in [9.17, 15) is 5.11 Å². The highest BCUT2D eigenvalue weighted by atomic mass is 79.9. The quantitative estimate of drug-likeness (QED) is 0.841. The van der Waals surface area contributed by atoms with Crippen molar-refractivity contribution < 1.29 is 9.84 Å². The largest absolute Gasteiger partial charge is 0.497 e. The lowest BCUT2D eigenvalue weighted by atomic mass is 10.1. The Morgan fingerprint density at radius 2 is 2.36 bits per heavy atom. The fourth-order valence-corrected chi connectivity index (χ4v) is 1.75. The zero-order valence-electron chi connectivity index (χ0n) is 7.83. The predicted molar refractivity (Wildman–Crippen MR) is 59.1 cm³/mol. The second-order valence-electron chi connectivity index (χ2n) is 2.81. The lowest BCUT2D eigenvalue weighted by molar-refractivity contribution is 0.183. The lowest BCUT2D eigenvalue weighted by Crippen LogP contribution is -1.97. The summed E-state index contributed by atoms with van der Waals surface area (Å²) in [5.41, 5.74) is 0.781. The van der Waals surface area contributed by atoms with Crippen LogP contribution >= 0.6 is 15.9 Å². The van der Waals surface area contributed by atoms with Gasteiger partial charge in [0.25, 0.3) is 0 Å². The van der Waals surface area contributed by atoms with Crippen molar-refractivity contribution in [3.05, 3.63) is 28.2 Å². The summed E-state index contributed by atoms with van der Waals surface area (Å²) in [6.45, 7) is 0. The Labute approximate surface area is 92.0 Å². The van der Waals surface area contributed by atoms with Crippen molar-refractivity contribution in [2.45, 2.75) is 12.5 Å². The van der Waals surface area contributed by atoms with Gasteiger partial charge in [-0.15, -0.1) is 12.3 Å². The minimum Gasteiger partial charge on any atom is -0.497 e. The Morgan fingerprint density at radius 3 is 2.86 bits per heavy atom. The van der Waals surface area contributed by atoms with E-state index in [1.165, 1.54) is 0 Å². The molecule has 2 nitrogen and oxygen atoms in total. The van der Waals surface area contributed by atoms with Crippen molar-refractivity contribution in [2.24, 2.45) is 0 Å². The third kappa shape index (κ3) is 2.50. The molecule has 1 aromatic rings. The van der Waals surface area contributed by atoms with Crippen LogP contribution in [0.2, 0.25) is 0 Å². The number of hydrogen-bond acceptors (Lipinski definition) is 2. The third-order valence-corrected chi connectivity index (χ3v) is 2.56. The summed E-state index contributed by atoms with van der Waals surface area (Å²) in [5.74, 6) is 3.16. The summed E-state index contributed by atoms with van der Waals surface area (Å²) in [6, 6.07) is 5.39. The van der Waals surface area contributed by atoms with Crippen molar-refractivity contribution >= 4 is 15.9 Å². The van der Waals surface area contributed by atoms with Gasteiger partial charge in [0, 0.05) is 10.9 Å². The number of aliphatic hydroxyl groups is 1. The Bertz CT molecular complexity index is 355. The highest BCUT2D eigenvalue weighted by Crippen LogP contribution is 2.28. The van der Waals surface area contributed by atoms with Crippen molar-refractivity contribution in [3.8, 4) is 18.1 Å². The average Bonchev–Trinajstić information content (AvgIpc) is 2.17. The number of methoxy groups -OCH3 is 1. The molecule has 74 valence electrons. The Morgan fingerprint density at radius 1 is 1.64 bits per heavy atom. The Balaban J connectivity index is 2.94.